The van der Waals surface area contributed by atoms with Crippen molar-refractivity contribution in [1.82, 2.24) is 10.2 Å². The molecule has 0 radical (unpaired) electrons. The molecule has 0 atom stereocenters. The number of likely N-dealkylation sites (N-methyl/N-ethyl adjacent to an activating group) is 1. The zero-order chi connectivity index (χ0) is 24.9. The summed E-state index contributed by atoms with van der Waals surface area (Å²) in [5, 5.41) is 17.8. The van der Waals surface area contributed by atoms with Crippen LogP contribution in [0.4, 0.5) is 22.7 Å². The number of carbonyl (C=O) groups is 1. The van der Waals surface area contributed by atoms with Gasteiger partial charge in [0.1, 0.15) is 5.69 Å². The number of nitro groups is 1. The molecule has 2 fully saturated rings. The molecular formula is C23H27ClN6O4S. The van der Waals surface area contributed by atoms with E-state index >= 15 is 0 Å². The maximum absolute atomic E-state index is 12.7. The SMILES string of the molecule is CN1CCN(c2ccc(NC(=S)NC(=O)c3ccc(N4CCOCC4)c([N+](=O)[O-])c3)cc2Cl)CC1. The summed E-state index contributed by atoms with van der Waals surface area (Å²) in [7, 11) is 2.10. The fraction of sp³-hybridized carbons (Fsp3) is 0.391. The highest BCUT2D eigenvalue weighted by atomic mass is 35.5. The van der Waals surface area contributed by atoms with Gasteiger partial charge in [-0.3, -0.25) is 20.2 Å². The Hall–Kier alpha value is -2.99. The number of thiocarbonyl (C=S) groups is 1. The van der Waals surface area contributed by atoms with Gasteiger partial charge in [0.05, 0.1) is 28.8 Å². The molecule has 0 saturated carbocycles. The zero-order valence-corrected chi connectivity index (χ0v) is 20.9. The van der Waals surface area contributed by atoms with E-state index in [1.165, 1.54) is 6.07 Å². The van der Waals surface area contributed by atoms with E-state index in [2.05, 4.69) is 27.5 Å². The Morgan fingerprint density at radius 3 is 2.34 bits per heavy atom. The van der Waals surface area contributed by atoms with Gasteiger partial charge in [0.2, 0.25) is 0 Å². The largest absolute Gasteiger partial charge is 0.378 e. The molecule has 0 aromatic heterocycles. The van der Waals surface area contributed by atoms with Crippen LogP contribution in [0.3, 0.4) is 0 Å². The van der Waals surface area contributed by atoms with E-state index in [-0.39, 0.29) is 16.4 Å². The van der Waals surface area contributed by atoms with Crippen molar-refractivity contribution in [2.45, 2.75) is 0 Å². The number of carbonyl (C=O) groups excluding carboxylic acids is 1. The smallest absolute Gasteiger partial charge is 0.293 e. The lowest BCUT2D eigenvalue weighted by atomic mass is 10.1. The Morgan fingerprint density at radius 1 is 1.03 bits per heavy atom. The molecule has 186 valence electrons. The van der Waals surface area contributed by atoms with Crippen molar-refractivity contribution in [2.75, 3.05) is 74.6 Å². The third kappa shape index (κ3) is 6.17. The number of anilines is 3. The van der Waals surface area contributed by atoms with Crippen molar-refractivity contribution >= 4 is 57.6 Å². The molecule has 1 amide bonds. The van der Waals surface area contributed by atoms with Gasteiger partial charge in [-0.15, -0.1) is 0 Å². The molecular weight excluding hydrogens is 492 g/mol. The van der Waals surface area contributed by atoms with Crippen LogP contribution < -0.4 is 20.4 Å². The molecule has 2 heterocycles. The predicted molar refractivity (Wildman–Crippen MR) is 141 cm³/mol. The monoisotopic (exact) mass is 518 g/mol. The molecule has 4 rings (SSSR count). The first kappa shape index (κ1) is 25.1. The van der Waals surface area contributed by atoms with Crippen LogP contribution in [0.5, 0.6) is 0 Å². The summed E-state index contributed by atoms with van der Waals surface area (Å²) in [4.78, 5) is 30.3. The topological polar surface area (TPSA) is 103 Å². The van der Waals surface area contributed by atoms with E-state index in [0.29, 0.717) is 42.7 Å². The molecule has 2 aromatic rings. The lowest BCUT2D eigenvalue weighted by molar-refractivity contribution is -0.384. The van der Waals surface area contributed by atoms with Crippen molar-refractivity contribution in [3.05, 3.63) is 57.1 Å². The Kier molecular flexibility index (Phi) is 8.01. The molecule has 12 heteroatoms. The quantitative estimate of drug-likeness (QED) is 0.351. The van der Waals surface area contributed by atoms with Crippen LogP contribution in [0.25, 0.3) is 0 Å². The standard InChI is InChI=1S/C23H27ClN6O4S/c1-27-6-8-28(9-7-27)19-5-3-17(15-18(19)24)25-23(35)26-22(31)16-2-4-20(21(14-16)30(32)33)29-10-12-34-13-11-29/h2-5,14-15H,6-13H2,1H3,(H2,25,26,31,35). The summed E-state index contributed by atoms with van der Waals surface area (Å²) < 4.78 is 5.32. The molecule has 10 nitrogen and oxygen atoms in total. The van der Waals surface area contributed by atoms with Gasteiger partial charge in [-0.2, -0.15) is 0 Å². The van der Waals surface area contributed by atoms with E-state index in [1.54, 1.807) is 18.2 Å². The van der Waals surface area contributed by atoms with Gasteiger partial charge in [-0.1, -0.05) is 11.6 Å². The Morgan fingerprint density at radius 2 is 1.69 bits per heavy atom. The maximum Gasteiger partial charge on any atom is 0.293 e. The van der Waals surface area contributed by atoms with E-state index in [0.717, 1.165) is 31.9 Å². The fourth-order valence-electron chi connectivity index (χ4n) is 4.11. The number of hydrogen-bond donors (Lipinski definition) is 2. The number of morpholine rings is 1. The first-order chi connectivity index (χ1) is 16.8. The molecule has 2 saturated heterocycles. The van der Waals surface area contributed by atoms with Gasteiger partial charge in [-0.25, -0.2) is 0 Å². The third-order valence-corrected chi connectivity index (χ3v) is 6.57. The molecule has 0 bridgehead atoms. The highest BCUT2D eigenvalue weighted by Crippen LogP contribution is 2.31. The fourth-order valence-corrected chi connectivity index (χ4v) is 4.62. The molecule has 2 aromatic carbocycles. The predicted octanol–water partition coefficient (Wildman–Crippen LogP) is 2.96. The first-order valence-electron chi connectivity index (χ1n) is 11.3. The summed E-state index contributed by atoms with van der Waals surface area (Å²) in [6.45, 7) is 5.84. The number of benzene rings is 2. The van der Waals surface area contributed by atoms with Crippen molar-refractivity contribution in [3.63, 3.8) is 0 Å². The van der Waals surface area contributed by atoms with Crippen LogP contribution in [-0.2, 0) is 4.74 Å². The highest BCUT2D eigenvalue weighted by molar-refractivity contribution is 7.80. The number of piperazine rings is 1. The molecule has 0 aliphatic carbocycles. The average Bonchev–Trinajstić information content (AvgIpc) is 2.85. The van der Waals surface area contributed by atoms with Crippen LogP contribution >= 0.6 is 23.8 Å². The van der Waals surface area contributed by atoms with E-state index in [4.69, 9.17) is 28.6 Å². The molecule has 2 aliphatic rings. The number of nitrogens with zero attached hydrogens (tertiary/aromatic N) is 4. The molecule has 0 unspecified atom stereocenters. The Bertz CT molecular complexity index is 1120. The van der Waals surface area contributed by atoms with E-state index in [1.807, 2.05) is 17.0 Å². The van der Waals surface area contributed by atoms with Crippen LogP contribution in [0.15, 0.2) is 36.4 Å². The molecule has 2 N–H and O–H groups in total. The second-order valence-corrected chi connectivity index (χ2v) is 9.24. The van der Waals surface area contributed by atoms with Crippen molar-refractivity contribution in [1.29, 1.82) is 0 Å². The normalized spacial score (nSPS) is 16.6. The average molecular weight is 519 g/mol. The van der Waals surface area contributed by atoms with Crippen LogP contribution in [0.2, 0.25) is 5.02 Å². The van der Waals surface area contributed by atoms with Crippen LogP contribution in [0, 0.1) is 10.1 Å². The number of hydrogen-bond acceptors (Lipinski definition) is 8. The van der Waals surface area contributed by atoms with E-state index < -0.39 is 10.8 Å². The summed E-state index contributed by atoms with van der Waals surface area (Å²) in [6, 6.07) is 9.94. The van der Waals surface area contributed by atoms with Gasteiger partial charge in [0.25, 0.3) is 11.6 Å². The minimum atomic E-state index is -0.542. The summed E-state index contributed by atoms with van der Waals surface area (Å²) in [5.74, 6) is -0.542. The minimum absolute atomic E-state index is 0.0679. The van der Waals surface area contributed by atoms with E-state index in [9.17, 15) is 14.9 Å². The van der Waals surface area contributed by atoms with Gasteiger partial charge >= 0.3 is 0 Å². The van der Waals surface area contributed by atoms with Crippen molar-refractivity contribution in [2.24, 2.45) is 0 Å². The number of ether oxygens (including phenoxy) is 1. The molecule has 2 aliphatic heterocycles. The number of rotatable bonds is 5. The lowest BCUT2D eigenvalue weighted by Gasteiger charge is -2.34. The second kappa shape index (κ2) is 11.2. The van der Waals surface area contributed by atoms with Crippen LogP contribution in [-0.4, -0.2) is 80.4 Å². The summed E-state index contributed by atoms with van der Waals surface area (Å²) >= 11 is 11.8. The number of nitrogens with one attached hydrogen (secondary N) is 2. The Labute approximate surface area is 213 Å². The Balaban J connectivity index is 1.40. The second-order valence-electron chi connectivity index (χ2n) is 8.42. The summed E-state index contributed by atoms with van der Waals surface area (Å²) in [5.41, 5.74) is 2.05. The number of halogens is 1. The lowest BCUT2D eigenvalue weighted by Crippen LogP contribution is -2.44. The highest BCUT2D eigenvalue weighted by Gasteiger charge is 2.24. The number of amides is 1. The maximum atomic E-state index is 12.7. The molecule has 35 heavy (non-hydrogen) atoms. The molecule has 0 spiro atoms. The number of nitro benzene ring substituents is 1. The van der Waals surface area contributed by atoms with Gasteiger partial charge in [-0.05, 0) is 49.6 Å². The third-order valence-electron chi connectivity index (χ3n) is 6.06. The van der Waals surface area contributed by atoms with Gasteiger partial charge < -0.3 is 24.8 Å². The van der Waals surface area contributed by atoms with Crippen molar-refractivity contribution < 1.29 is 14.5 Å². The van der Waals surface area contributed by atoms with Gasteiger partial charge in [0.15, 0.2) is 5.11 Å². The minimum Gasteiger partial charge on any atom is -0.378 e. The summed E-state index contributed by atoms with van der Waals surface area (Å²) in [6.07, 6.45) is 0. The van der Waals surface area contributed by atoms with Crippen molar-refractivity contribution in [3.8, 4) is 0 Å². The van der Waals surface area contributed by atoms with Gasteiger partial charge in [0, 0.05) is 56.6 Å². The zero-order valence-electron chi connectivity index (χ0n) is 19.3. The van der Waals surface area contributed by atoms with Crippen LogP contribution in [0.1, 0.15) is 10.4 Å². The first-order valence-corrected chi connectivity index (χ1v) is 12.1.